The Balaban J connectivity index is 0. The summed E-state index contributed by atoms with van der Waals surface area (Å²) in [5, 5.41) is 5.82. The molecule has 0 bridgehead atoms. The molecule has 1 aromatic heterocycles. The second kappa shape index (κ2) is 23.1. The first-order chi connectivity index (χ1) is 18.6. The second-order valence-electron chi connectivity index (χ2n) is 7.46. The Labute approximate surface area is 235 Å². The molecule has 3 heteroatoms. The Morgan fingerprint density at radius 2 is 1.13 bits per heavy atom. The van der Waals surface area contributed by atoms with Crippen molar-refractivity contribution in [3.8, 4) is 0 Å². The van der Waals surface area contributed by atoms with Gasteiger partial charge in [-0.25, -0.2) is 4.98 Å². The molecule has 4 aromatic rings. The van der Waals surface area contributed by atoms with Crippen molar-refractivity contribution in [2.75, 3.05) is 11.1 Å². The van der Waals surface area contributed by atoms with Crippen LogP contribution in [-0.4, -0.2) is 4.98 Å². The Kier molecular flexibility index (Phi) is 22.5. The maximum Gasteiger partial charge on any atom is 0.0730 e. The van der Waals surface area contributed by atoms with Crippen LogP contribution in [0.2, 0.25) is 0 Å². The second-order valence-corrected chi connectivity index (χ2v) is 7.46. The van der Waals surface area contributed by atoms with Crippen molar-refractivity contribution in [1.29, 1.82) is 0 Å². The molecule has 1 heterocycles. The van der Waals surface area contributed by atoms with E-state index in [0.717, 1.165) is 52.6 Å². The quantitative estimate of drug-likeness (QED) is 0.197. The summed E-state index contributed by atoms with van der Waals surface area (Å²) in [5.74, 6) is 0. The van der Waals surface area contributed by atoms with E-state index in [-0.39, 0.29) is 0 Å². The molecule has 212 valence electrons. The summed E-state index contributed by atoms with van der Waals surface area (Å²) in [6, 6.07) is 21.4. The van der Waals surface area contributed by atoms with Crippen LogP contribution in [0.5, 0.6) is 0 Å². The van der Waals surface area contributed by atoms with Gasteiger partial charge in [0.05, 0.1) is 11.0 Å². The molecule has 0 saturated carbocycles. The topological polar surface area (TPSA) is 50.9 Å². The van der Waals surface area contributed by atoms with Crippen LogP contribution < -0.4 is 11.1 Å². The number of nitrogens with zero attached hydrogens (tertiary/aromatic N) is 1. The number of pyridine rings is 1. The highest BCUT2D eigenvalue weighted by Crippen LogP contribution is 2.24. The molecule has 0 atom stereocenters. The Bertz CT molecular complexity index is 1130. The minimum Gasteiger partial charge on any atom is -0.399 e. The molecule has 38 heavy (non-hydrogen) atoms. The average molecular weight is 520 g/mol. The summed E-state index contributed by atoms with van der Waals surface area (Å²) in [7, 11) is 0. The van der Waals surface area contributed by atoms with Gasteiger partial charge in [-0.05, 0) is 59.9 Å². The van der Waals surface area contributed by atoms with E-state index in [0.29, 0.717) is 0 Å². The lowest BCUT2D eigenvalue weighted by atomic mass is 10.0. The minimum absolute atomic E-state index is 0.743. The Morgan fingerprint density at radius 1 is 0.605 bits per heavy atom. The van der Waals surface area contributed by atoms with E-state index in [1.54, 1.807) is 0 Å². The van der Waals surface area contributed by atoms with Crippen LogP contribution in [0.15, 0.2) is 60.7 Å². The Hall–Kier alpha value is -3.07. The molecule has 0 amide bonds. The number of rotatable bonds is 6. The smallest absolute Gasteiger partial charge is 0.0730 e. The Morgan fingerprint density at radius 3 is 1.71 bits per heavy atom. The van der Waals surface area contributed by atoms with Crippen molar-refractivity contribution in [2.24, 2.45) is 0 Å². The van der Waals surface area contributed by atoms with Gasteiger partial charge in [0.2, 0.25) is 0 Å². The summed E-state index contributed by atoms with van der Waals surface area (Å²) in [6.07, 6.45) is 3.38. The fraction of sp³-hybridized carbons (Fsp3) is 0.457. The highest BCUT2D eigenvalue weighted by molar-refractivity contribution is 5.94. The molecular formula is C35H57N3. The lowest BCUT2D eigenvalue weighted by Gasteiger charge is -2.11. The van der Waals surface area contributed by atoms with Gasteiger partial charge in [0.25, 0.3) is 0 Å². The third-order valence-corrected chi connectivity index (χ3v) is 5.19. The van der Waals surface area contributed by atoms with E-state index >= 15 is 0 Å². The number of hydrogen-bond acceptors (Lipinski definition) is 3. The van der Waals surface area contributed by atoms with Gasteiger partial charge >= 0.3 is 0 Å². The summed E-state index contributed by atoms with van der Waals surface area (Å²) in [6.45, 7) is 25.3. The molecule has 3 N–H and O–H groups in total. The van der Waals surface area contributed by atoms with Gasteiger partial charge in [-0.1, -0.05) is 120 Å². The first-order valence-electron chi connectivity index (χ1n) is 15.1. The largest absolute Gasteiger partial charge is 0.399 e. The molecule has 4 rings (SSSR count). The summed E-state index contributed by atoms with van der Waals surface area (Å²) in [4.78, 5) is 4.80. The van der Waals surface area contributed by atoms with Gasteiger partial charge in [-0.2, -0.15) is 0 Å². The first-order valence-corrected chi connectivity index (χ1v) is 15.1. The van der Waals surface area contributed by atoms with E-state index in [1.807, 2.05) is 87.4 Å². The van der Waals surface area contributed by atoms with Gasteiger partial charge < -0.3 is 11.1 Å². The molecule has 0 saturated heterocycles. The van der Waals surface area contributed by atoms with Gasteiger partial charge in [0.1, 0.15) is 0 Å². The van der Waals surface area contributed by atoms with Crippen molar-refractivity contribution in [1.82, 2.24) is 4.98 Å². The van der Waals surface area contributed by atoms with Crippen molar-refractivity contribution < 1.29 is 0 Å². The van der Waals surface area contributed by atoms with Crippen molar-refractivity contribution in [3.63, 3.8) is 0 Å². The van der Waals surface area contributed by atoms with E-state index in [1.165, 1.54) is 23.1 Å². The van der Waals surface area contributed by atoms with Crippen LogP contribution in [0.1, 0.15) is 106 Å². The fourth-order valence-electron chi connectivity index (χ4n) is 3.73. The fourth-order valence-corrected chi connectivity index (χ4v) is 3.73. The highest BCUT2D eigenvalue weighted by Gasteiger charge is 2.04. The lowest BCUT2D eigenvalue weighted by Crippen LogP contribution is -2.01. The third-order valence-electron chi connectivity index (χ3n) is 5.19. The summed E-state index contributed by atoms with van der Waals surface area (Å²) in [5.41, 5.74) is 13.8. The van der Waals surface area contributed by atoms with Gasteiger partial charge in [-0.15, -0.1) is 0 Å². The van der Waals surface area contributed by atoms with Crippen molar-refractivity contribution >= 4 is 33.2 Å². The zero-order valence-electron chi connectivity index (χ0n) is 26.6. The lowest BCUT2D eigenvalue weighted by molar-refractivity contribution is 0.912. The average Bonchev–Trinajstić information content (AvgIpc) is 3.00. The minimum atomic E-state index is 0.743. The molecule has 3 nitrogen and oxygen atoms in total. The summed E-state index contributed by atoms with van der Waals surface area (Å²) >= 11 is 0. The molecule has 0 unspecified atom stereocenters. The monoisotopic (exact) mass is 519 g/mol. The SMILES string of the molecule is CC.CC.CC.CC.CC.CCCc1cc(CC)cc(CNc2ccc3cc4ccc(N)cc4nc3c2)c1. The van der Waals surface area contributed by atoms with Crippen molar-refractivity contribution in [3.05, 3.63) is 77.4 Å². The van der Waals surface area contributed by atoms with Crippen LogP contribution in [0, 0.1) is 0 Å². The van der Waals surface area contributed by atoms with Crippen LogP contribution in [0.4, 0.5) is 11.4 Å². The normalized spacial score (nSPS) is 9.05. The van der Waals surface area contributed by atoms with Crippen LogP contribution in [0.3, 0.4) is 0 Å². The molecule has 3 aromatic carbocycles. The maximum absolute atomic E-state index is 5.91. The molecule has 0 fully saturated rings. The van der Waals surface area contributed by atoms with Gasteiger partial charge in [0.15, 0.2) is 0 Å². The predicted octanol–water partition coefficient (Wildman–Crippen LogP) is 11.2. The number of fused-ring (bicyclic) bond motifs is 2. The number of nitrogens with two attached hydrogens (primary N) is 1. The predicted molar refractivity (Wildman–Crippen MR) is 178 cm³/mol. The highest BCUT2D eigenvalue weighted by atomic mass is 14.9. The molecule has 0 aliphatic rings. The van der Waals surface area contributed by atoms with Crippen LogP contribution in [0.25, 0.3) is 21.8 Å². The zero-order valence-corrected chi connectivity index (χ0v) is 26.6. The molecule has 0 aliphatic heterocycles. The molecule has 0 spiro atoms. The number of aromatic nitrogens is 1. The number of benzene rings is 3. The standard InChI is InChI=1S/C25H27N3.5C2H6/c1-3-5-18-10-17(4-2)11-19(12-18)16-27-23-9-7-21-13-20-6-8-22(26)14-24(20)28-25(21)15-23;5*1-2/h6-15,27H,3-5,16,26H2,1-2H3;5*1-2H3. The third kappa shape index (κ3) is 12.0. The van der Waals surface area contributed by atoms with Crippen LogP contribution >= 0.6 is 0 Å². The first kappa shape index (κ1) is 37.1. The van der Waals surface area contributed by atoms with Crippen molar-refractivity contribution in [2.45, 2.75) is 109 Å². The molecule has 0 radical (unpaired) electrons. The number of aryl methyl sites for hydroxylation is 2. The van der Waals surface area contributed by atoms with E-state index in [2.05, 4.69) is 61.6 Å². The van der Waals surface area contributed by atoms with E-state index in [4.69, 9.17) is 10.7 Å². The number of anilines is 2. The van der Waals surface area contributed by atoms with Gasteiger partial charge in [-0.3, -0.25) is 0 Å². The molecular weight excluding hydrogens is 462 g/mol. The summed E-state index contributed by atoms with van der Waals surface area (Å²) < 4.78 is 0. The van der Waals surface area contributed by atoms with Gasteiger partial charge in [0, 0.05) is 28.7 Å². The molecule has 0 aliphatic carbocycles. The zero-order chi connectivity index (χ0) is 29.5. The maximum atomic E-state index is 5.91. The number of nitrogen functional groups attached to an aromatic ring is 1. The number of nitrogens with one attached hydrogen (secondary N) is 1. The van der Waals surface area contributed by atoms with Crippen LogP contribution in [-0.2, 0) is 19.4 Å². The van der Waals surface area contributed by atoms with E-state index in [9.17, 15) is 0 Å². The number of hydrogen-bond donors (Lipinski definition) is 2. The van der Waals surface area contributed by atoms with E-state index < -0.39 is 0 Å².